The molecule has 0 bridgehead atoms. The maximum atomic E-state index is 12.6. The van der Waals surface area contributed by atoms with Crippen molar-refractivity contribution in [1.29, 1.82) is 5.26 Å². The summed E-state index contributed by atoms with van der Waals surface area (Å²) >= 11 is 10.4. The lowest BCUT2D eigenvalue weighted by Crippen LogP contribution is -2.27. The molecule has 0 fully saturated rings. The molecule has 11 heteroatoms. The standard InChI is InChI=1S/C23H18BrClN4O4S/c1-12-21(13(2)30)22(14-3-5-15(25)6-4-14)17(10-26)23(27-12)34-11-20(31)28-19-8-7-16(29(32)33)9-18(19)24/h3-9,22,27H,11H2,1-2H3,(H,28,31)/t22-/m0/s1. The third-order valence-corrected chi connectivity index (χ3v) is 6.94. The van der Waals surface area contributed by atoms with Gasteiger partial charge in [-0.3, -0.25) is 19.7 Å². The number of hydrogen-bond acceptors (Lipinski definition) is 7. The number of nitro groups is 1. The van der Waals surface area contributed by atoms with Gasteiger partial charge in [-0.2, -0.15) is 5.26 Å². The van der Waals surface area contributed by atoms with Gasteiger partial charge in [0.2, 0.25) is 5.91 Å². The molecule has 34 heavy (non-hydrogen) atoms. The zero-order valence-electron chi connectivity index (χ0n) is 18.0. The van der Waals surface area contributed by atoms with Gasteiger partial charge in [-0.15, -0.1) is 0 Å². The van der Waals surface area contributed by atoms with Gasteiger partial charge in [-0.25, -0.2) is 0 Å². The first kappa shape index (κ1) is 25.5. The number of hydrogen-bond donors (Lipinski definition) is 2. The summed E-state index contributed by atoms with van der Waals surface area (Å²) in [5, 5.41) is 27.6. The Labute approximate surface area is 213 Å². The lowest BCUT2D eigenvalue weighted by molar-refractivity contribution is -0.384. The van der Waals surface area contributed by atoms with Gasteiger partial charge in [0.25, 0.3) is 5.69 Å². The van der Waals surface area contributed by atoms with E-state index in [0.29, 0.717) is 37.1 Å². The number of benzene rings is 2. The Hall–Kier alpha value is -3.13. The molecule has 3 rings (SSSR count). The Balaban J connectivity index is 1.84. The second-order valence-electron chi connectivity index (χ2n) is 7.32. The maximum absolute atomic E-state index is 12.6. The predicted molar refractivity (Wildman–Crippen MR) is 135 cm³/mol. The molecule has 1 aliphatic heterocycles. The van der Waals surface area contributed by atoms with E-state index in [1.807, 2.05) is 0 Å². The van der Waals surface area contributed by atoms with Crippen molar-refractivity contribution in [1.82, 2.24) is 5.32 Å². The molecule has 8 nitrogen and oxygen atoms in total. The number of amides is 1. The van der Waals surface area contributed by atoms with Crippen LogP contribution in [0.1, 0.15) is 25.3 Å². The Bertz CT molecular complexity index is 1280. The number of ketones is 1. The van der Waals surface area contributed by atoms with Crippen LogP contribution in [0.15, 0.2) is 68.8 Å². The van der Waals surface area contributed by atoms with Crippen molar-refractivity contribution in [2.24, 2.45) is 0 Å². The van der Waals surface area contributed by atoms with Gasteiger partial charge >= 0.3 is 0 Å². The molecule has 1 aliphatic rings. The first-order valence-corrected chi connectivity index (χ1v) is 12.0. The molecule has 0 saturated heterocycles. The lowest BCUT2D eigenvalue weighted by Gasteiger charge is -2.29. The number of carbonyl (C=O) groups excluding carboxylic acids is 2. The van der Waals surface area contributed by atoms with Crippen molar-refractivity contribution < 1.29 is 14.5 Å². The summed E-state index contributed by atoms with van der Waals surface area (Å²) in [6.07, 6.45) is 0. The second-order valence-corrected chi connectivity index (χ2v) is 9.59. The van der Waals surface area contributed by atoms with Gasteiger partial charge in [-0.1, -0.05) is 35.5 Å². The van der Waals surface area contributed by atoms with E-state index < -0.39 is 10.8 Å². The first-order valence-electron chi connectivity index (χ1n) is 9.87. The Kier molecular flexibility index (Phi) is 8.15. The van der Waals surface area contributed by atoms with Crippen LogP contribution >= 0.6 is 39.3 Å². The van der Waals surface area contributed by atoms with Gasteiger partial charge in [-0.05, 0) is 53.5 Å². The molecular weight excluding hydrogens is 544 g/mol. The van der Waals surface area contributed by atoms with Crippen LogP contribution in [0.3, 0.4) is 0 Å². The number of non-ortho nitro benzene ring substituents is 1. The maximum Gasteiger partial charge on any atom is 0.270 e. The van der Waals surface area contributed by atoms with Crippen molar-refractivity contribution in [3.05, 3.63) is 89.5 Å². The third-order valence-electron chi connectivity index (χ3n) is 5.02. The largest absolute Gasteiger partial charge is 0.353 e. The topological polar surface area (TPSA) is 125 Å². The van der Waals surface area contributed by atoms with Crippen molar-refractivity contribution in [3.8, 4) is 6.07 Å². The van der Waals surface area contributed by atoms with Crippen LogP contribution in [-0.4, -0.2) is 22.4 Å². The number of anilines is 1. The Morgan fingerprint density at radius 1 is 1.29 bits per heavy atom. The van der Waals surface area contributed by atoms with E-state index >= 15 is 0 Å². The van der Waals surface area contributed by atoms with Gasteiger partial charge < -0.3 is 10.6 Å². The number of allylic oxidation sites excluding steroid dienone is 3. The van der Waals surface area contributed by atoms with E-state index in [1.54, 1.807) is 31.2 Å². The van der Waals surface area contributed by atoms with E-state index in [9.17, 15) is 25.0 Å². The van der Waals surface area contributed by atoms with Gasteiger partial charge in [0.15, 0.2) is 5.78 Å². The normalized spacial score (nSPS) is 15.4. The number of dihydropyridines is 1. The van der Waals surface area contributed by atoms with Crippen molar-refractivity contribution in [3.63, 3.8) is 0 Å². The zero-order valence-corrected chi connectivity index (χ0v) is 21.2. The lowest BCUT2D eigenvalue weighted by atomic mass is 9.81. The summed E-state index contributed by atoms with van der Waals surface area (Å²) < 4.78 is 0.375. The van der Waals surface area contributed by atoms with E-state index in [1.165, 1.54) is 25.1 Å². The number of thioether (sulfide) groups is 1. The first-order chi connectivity index (χ1) is 16.1. The highest BCUT2D eigenvalue weighted by Crippen LogP contribution is 2.41. The molecule has 0 aromatic heterocycles. The molecule has 2 N–H and O–H groups in total. The molecule has 0 unspecified atom stereocenters. The molecule has 0 radical (unpaired) electrons. The van der Waals surface area contributed by atoms with Crippen molar-refractivity contribution in [2.45, 2.75) is 19.8 Å². The summed E-state index contributed by atoms with van der Waals surface area (Å²) in [6, 6.07) is 13.2. The average Bonchev–Trinajstić information content (AvgIpc) is 2.78. The fourth-order valence-corrected chi connectivity index (χ4v) is 5.01. The quantitative estimate of drug-likeness (QED) is 0.330. The molecule has 1 amide bonds. The third kappa shape index (κ3) is 5.67. The number of nitrogens with one attached hydrogen (secondary N) is 2. The number of nitrogens with zero attached hydrogens (tertiary/aromatic N) is 2. The number of carbonyl (C=O) groups is 2. The SMILES string of the molecule is CC(=O)C1=C(C)NC(SCC(=O)Nc2ccc([N+](=O)[O-])cc2Br)=C(C#N)[C@@H]1c1ccc(Cl)cc1. The zero-order chi connectivity index (χ0) is 25.0. The number of halogens is 2. The van der Waals surface area contributed by atoms with Crippen LogP contribution < -0.4 is 10.6 Å². The molecule has 1 atom stereocenters. The molecule has 1 heterocycles. The Morgan fingerprint density at radius 2 is 1.97 bits per heavy atom. The van der Waals surface area contributed by atoms with Gasteiger partial charge in [0.05, 0.1) is 39.0 Å². The second kappa shape index (κ2) is 10.9. The minimum atomic E-state index is -0.588. The molecule has 174 valence electrons. The van der Waals surface area contributed by atoms with E-state index in [4.69, 9.17) is 11.6 Å². The van der Waals surface area contributed by atoms with Crippen LogP contribution in [0, 0.1) is 21.4 Å². The predicted octanol–water partition coefficient (Wildman–Crippen LogP) is 5.67. The van der Waals surface area contributed by atoms with E-state index in [0.717, 1.165) is 17.3 Å². The highest BCUT2D eigenvalue weighted by Gasteiger charge is 2.33. The molecule has 2 aromatic rings. The summed E-state index contributed by atoms with van der Waals surface area (Å²) in [6.45, 7) is 3.20. The highest BCUT2D eigenvalue weighted by atomic mass is 79.9. The Morgan fingerprint density at radius 3 is 2.53 bits per heavy atom. The summed E-state index contributed by atoms with van der Waals surface area (Å²) in [7, 11) is 0. The molecule has 0 aliphatic carbocycles. The summed E-state index contributed by atoms with van der Waals surface area (Å²) in [4.78, 5) is 35.3. The van der Waals surface area contributed by atoms with Gasteiger partial charge in [0, 0.05) is 32.9 Å². The van der Waals surface area contributed by atoms with Crippen molar-refractivity contribution in [2.75, 3.05) is 11.1 Å². The summed E-state index contributed by atoms with van der Waals surface area (Å²) in [5.41, 5.74) is 2.43. The van der Waals surface area contributed by atoms with E-state index in [2.05, 4.69) is 32.6 Å². The molecule has 2 aromatic carbocycles. The molecular formula is C23H18BrClN4O4S. The minimum Gasteiger partial charge on any atom is -0.353 e. The smallest absolute Gasteiger partial charge is 0.270 e. The van der Waals surface area contributed by atoms with Crippen LogP contribution in [0.4, 0.5) is 11.4 Å². The fourth-order valence-electron chi connectivity index (χ4n) is 3.52. The number of nitro benzene ring substituents is 1. The van der Waals surface area contributed by atoms with Crippen LogP contribution in [-0.2, 0) is 9.59 Å². The molecule has 0 spiro atoms. The number of nitriles is 1. The van der Waals surface area contributed by atoms with E-state index in [-0.39, 0.29) is 23.1 Å². The monoisotopic (exact) mass is 560 g/mol. The number of rotatable bonds is 7. The molecule has 0 saturated carbocycles. The van der Waals surface area contributed by atoms with Crippen LogP contribution in [0.5, 0.6) is 0 Å². The minimum absolute atomic E-state index is 0.0348. The van der Waals surface area contributed by atoms with Gasteiger partial charge in [0.1, 0.15) is 0 Å². The van der Waals surface area contributed by atoms with Crippen molar-refractivity contribution >= 4 is 62.4 Å². The summed E-state index contributed by atoms with van der Waals surface area (Å²) in [5.74, 6) is -1.15. The fraction of sp³-hybridized carbons (Fsp3) is 0.174. The highest BCUT2D eigenvalue weighted by molar-refractivity contribution is 9.10. The van der Waals surface area contributed by atoms with Crippen LogP contribution in [0.25, 0.3) is 0 Å². The van der Waals surface area contributed by atoms with Crippen LogP contribution in [0.2, 0.25) is 5.02 Å². The average molecular weight is 562 g/mol. The number of Topliss-reactive ketones (excluding diaryl/α,β-unsaturated/α-hetero) is 1.